The molecule has 2 aromatic rings. The van der Waals surface area contributed by atoms with Crippen molar-refractivity contribution in [1.82, 2.24) is 19.8 Å². The predicted molar refractivity (Wildman–Crippen MR) is 88.5 cm³/mol. The third kappa shape index (κ3) is 3.52. The minimum absolute atomic E-state index is 0.139. The number of aromatic amines is 1. The van der Waals surface area contributed by atoms with Crippen LogP contribution in [-0.2, 0) is 0 Å². The van der Waals surface area contributed by atoms with Crippen molar-refractivity contribution in [2.24, 2.45) is 0 Å². The summed E-state index contributed by atoms with van der Waals surface area (Å²) in [5, 5.41) is 11.4. The maximum atomic E-state index is 11.7. The zero-order valence-corrected chi connectivity index (χ0v) is 13.4. The molecule has 128 valence electrons. The summed E-state index contributed by atoms with van der Waals surface area (Å²) in [7, 11) is 2.08. The van der Waals surface area contributed by atoms with Crippen molar-refractivity contribution in [2.75, 3.05) is 46.4 Å². The van der Waals surface area contributed by atoms with Crippen molar-refractivity contribution in [3.8, 4) is 5.75 Å². The lowest BCUT2D eigenvalue weighted by molar-refractivity contribution is -0.385. The molecular formula is C15H19N5O4. The molecule has 9 heteroatoms. The van der Waals surface area contributed by atoms with E-state index in [4.69, 9.17) is 4.74 Å². The number of H-pyrrole nitrogens is 1. The fourth-order valence-corrected chi connectivity index (χ4v) is 2.70. The van der Waals surface area contributed by atoms with Crippen LogP contribution in [0.3, 0.4) is 0 Å². The lowest BCUT2D eigenvalue weighted by atomic mass is 10.2. The molecular weight excluding hydrogens is 314 g/mol. The molecule has 24 heavy (non-hydrogen) atoms. The Kier molecular flexibility index (Phi) is 4.72. The van der Waals surface area contributed by atoms with E-state index in [-0.39, 0.29) is 16.8 Å². The summed E-state index contributed by atoms with van der Waals surface area (Å²) in [6.07, 6.45) is 1.27. The van der Waals surface area contributed by atoms with Crippen LogP contribution in [0.1, 0.15) is 0 Å². The van der Waals surface area contributed by atoms with Crippen molar-refractivity contribution >= 4 is 16.6 Å². The van der Waals surface area contributed by atoms with E-state index in [9.17, 15) is 14.9 Å². The predicted octanol–water partition coefficient (Wildman–Crippen LogP) is 0.457. The second-order valence-electron chi connectivity index (χ2n) is 5.82. The maximum absolute atomic E-state index is 11.7. The van der Waals surface area contributed by atoms with Crippen molar-refractivity contribution in [2.45, 2.75) is 0 Å². The Balaban J connectivity index is 1.74. The standard InChI is InChI=1S/C15H19N5O4/c1-18-2-4-19(5-3-18)6-7-24-14-9-12-11(8-13(14)20(22)23)15(21)17-10-16-12/h8-10H,2-7H2,1H3,(H,16,17,21). The third-order valence-electron chi connectivity index (χ3n) is 4.18. The van der Waals surface area contributed by atoms with Crippen LogP contribution in [0.15, 0.2) is 23.3 Å². The molecule has 1 aromatic heterocycles. The summed E-state index contributed by atoms with van der Waals surface area (Å²) in [5.41, 5.74) is -0.259. The molecule has 1 aromatic carbocycles. The van der Waals surface area contributed by atoms with Gasteiger partial charge in [0.15, 0.2) is 5.75 Å². The Hall–Kier alpha value is -2.52. The number of ether oxygens (including phenoxy) is 1. The van der Waals surface area contributed by atoms with Crippen LogP contribution >= 0.6 is 0 Å². The lowest BCUT2D eigenvalue weighted by Gasteiger charge is -2.32. The highest BCUT2D eigenvalue weighted by Crippen LogP contribution is 2.30. The van der Waals surface area contributed by atoms with Crippen LogP contribution in [0.25, 0.3) is 10.9 Å². The Bertz CT molecular complexity index is 798. The average Bonchev–Trinajstić information content (AvgIpc) is 2.56. The van der Waals surface area contributed by atoms with E-state index in [1.807, 2.05) is 0 Å². The number of likely N-dealkylation sites (N-methyl/N-ethyl adjacent to an activating group) is 1. The Morgan fingerprint density at radius 3 is 2.79 bits per heavy atom. The first-order chi connectivity index (χ1) is 11.5. The molecule has 1 saturated heterocycles. The zero-order chi connectivity index (χ0) is 17.1. The van der Waals surface area contributed by atoms with Gasteiger partial charge in [0.2, 0.25) is 0 Å². The highest BCUT2D eigenvalue weighted by Gasteiger charge is 2.19. The van der Waals surface area contributed by atoms with E-state index < -0.39 is 10.5 Å². The second kappa shape index (κ2) is 6.93. The molecule has 0 bridgehead atoms. The summed E-state index contributed by atoms with van der Waals surface area (Å²) in [6.45, 7) is 4.96. The highest BCUT2D eigenvalue weighted by atomic mass is 16.6. The van der Waals surface area contributed by atoms with E-state index in [1.54, 1.807) is 0 Å². The molecule has 2 heterocycles. The normalized spacial score (nSPS) is 16.4. The van der Waals surface area contributed by atoms with Crippen molar-refractivity contribution in [3.05, 3.63) is 38.9 Å². The smallest absolute Gasteiger partial charge is 0.311 e. The van der Waals surface area contributed by atoms with Gasteiger partial charge < -0.3 is 14.6 Å². The van der Waals surface area contributed by atoms with Crippen LogP contribution in [0.5, 0.6) is 5.75 Å². The SMILES string of the molecule is CN1CCN(CCOc2cc3nc[nH]c(=O)c3cc2[N+](=O)[O-])CC1. The summed E-state index contributed by atoms with van der Waals surface area (Å²) in [5.74, 6) is 0.139. The minimum atomic E-state index is -0.545. The molecule has 0 aliphatic carbocycles. The molecule has 9 nitrogen and oxygen atoms in total. The molecule has 0 unspecified atom stereocenters. The number of benzene rings is 1. The van der Waals surface area contributed by atoms with Gasteiger partial charge >= 0.3 is 5.69 Å². The molecule has 0 spiro atoms. The first kappa shape index (κ1) is 16.3. The van der Waals surface area contributed by atoms with Gasteiger partial charge in [-0.2, -0.15) is 0 Å². The molecule has 0 atom stereocenters. The largest absolute Gasteiger partial charge is 0.485 e. The Morgan fingerprint density at radius 2 is 2.08 bits per heavy atom. The monoisotopic (exact) mass is 333 g/mol. The highest BCUT2D eigenvalue weighted by molar-refractivity contribution is 5.82. The minimum Gasteiger partial charge on any atom is -0.485 e. The molecule has 0 radical (unpaired) electrons. The lowest BCUT2D eigenvalue weighted by Crippen LogP contribution is -2.45. The summed E-state index contributed by atoms with van der Waals surface area (Å²) in [4.78, 5) is 33.4. The number of nitrogens with zero attached hydrogens (tertiary/aromatic N) is 4. The van der Waals surface area contributed by atoms with E-state index in [2.05, 4.69) is 26.8 Å². The van der Waals surface area contributed by atoms with Crippen LogP contribution in [0.2, 0.25) is 0 Å². The number of hydrogen-bond acceptors (Lipinski definition) is 7. The summed E-state index contributed by atoms with van der Waals surface area (Å²) in [6, 6.07) is 2.67. The van der Waals surface area contributed by atoms with Gasteiger partial charge in [-0.3, -0.25) is 19.8 Å². The molecule has 1 aliphatic rings. The van der Waals surface area contributed by atoms with Gasteiger partial charge in [0, 0.05) is 44.9 Å². The van der Waals surface area contributed by atoms with Crippen LogP contribution in [0.4, 0.5) is 5.69 Å². The van der Waals surface area contributed by atoms with Crippen LogP contribution in [0, 0.1) is 10.1 Å². The van der Waals surface area contributed by atoms with Crippen LogP contribution < -0.4 is 10.3 Å². The van der Waals surface area contributed by atoms with Crippen molar-refractivity contribution in [3.63, 3.8) is 0 Å². The fourth-order valence-electron chi connectivity index (χ4n) is 2.70. The van der Waals surface area contributed by atoms with Crippen molar-refractivity contribution in [1.29, 1.82) is 0 Å². The molecule has 1 fully saturated rings. The number of hydrogen-bond donors (Lipinski definition) is 1. The summed E-state index contributed by atoms with van der Waals surface area (Å²) < 4.78 is 5.63. The Morgan fingerprint density at radius 1 is 1.33 bits per heavy atom. The van der Waals surface area contributed by atoms with Gasteiger partial charge in [-0.1, -0.05) is 0 Å². The van der Waals surface area contributed by atoms with Gasteiger partial charge in [0.05, 0.1) is 22.2 Å². The van der Waals surface area contributed by atoms with Gasteiger partial charge in [0.25, 0.3) is 5.56 Å². The summed E-state index contributed by atoms with van der Waals surface area (Å²) >= 11 is 0. The number of piperazine rings is 1. The first-order valence-corrected chi connectivity index (χ1v) is 7.74. The number of rotatable bonds is 5. The second-order valence-corrected chi connectivity index (χ2v) is 5.82. The topological polar surface area (TPSA) is 105 Å². The molecule has 1 N–H and O–H groups in total. The van der Waals surface area contributed by atoms with Gasteiger partial charge in [-0.15, -0.1) is 0 Å². The fraction of sp³-hybridized carbons (Fsp3) is 0.467. The zero-order valence-electron chi connectivity index (χ0n) is 13.4. The molecule has 1 aliphatic heterocycles. The molecule has 0 saturated carbocycles. The Labute approximate surface area is 138 Å². The van der Waals surface area contributed by atoms with E-state index in [0.717, 1.165) is 26.2 Å². The van der Waals surface area contributed by atoms with Crippen molar-refractivity contribution < 1.29 is 9.66 Å². The average molecular weight is 333 g/mol. The van der Waals surface area contributed by atoms with E-state index >= 15 is 0 Å². The number of nitro benzene ring substituents is 1. The first-order valence-electron chi connectivity index (χ1n) is 7.74. The molecule has 3 rings (SSSR count). The van der Waals surface area contributed by atoms with E-state index in [1.165, 1.54) is 18.5 Å². The number of nitrogens with one attached hydrogen (secondary N) is 1. The molecule has 0 amide bonds. The van der Waals surface area contributed by atoms with Gasteiger partial charge in [-0.25, -0.2) is 4.98 Å². The number of aromatic nitrogens is 2. The van der Waals surface area contributed by atoms with Gasteiger partial charge in [-0.05, 0) is 7.05 Å². The quantitative estimate of drug-likeness (QED) is 0.626. The maximum Gasteiger partial charge on any atom is 0.311 e. The van der Waals surface area contributed by atoms with E-state index in [0.29, 0.717) is 18.7 Å². The number of nitro groups is 1. The van der Waals surface area contributed by atoms with Gasteiger partial charge in [0.1, 0.15) is 6.61 Å². The van der Waals surface area contributed by atoms with Crippen LogP contribution in [-0.4, -0.2) is 71.1 Å². The number of fused-ring (bicyclic) bond motifs is 1. The third-order valence-corrected chi connectivity index (χ3v) is 4.18.